The fraction of sp³-hybridized carbons (Fsp3) is 0.429. The highest BCUT2D eigenvalue weighted by Crippen LogP contribution is 2.18. The number of nitrogens with zero attached hydrogens (tertiary/aromatic N) is 1. The Kier molecular flexibility index (Phi) is 3.82. The molecule has 2 rings (SSSR count). The minimum Gasteiger partial charge on any atom is -0.460 e. The molecule has 0 amide bonds. The van der Waals surface area contributed by atoms with E-state index in [9.17, 15) is 0 Å². The highest BCUT2D eigenvalue weighted by molar-refractivity contribution is 5.77. The lowest BCUT2D eigenvalue weighted by Gasteiger charge is -2.19. The van der Waals surface area contributed by atoms with Crippen molar-refractivity contribution < 1.29 is 4.42 Å². The van der Waals surface area contributed by atoms with Crippen molar-refractivity contribution in [2.75, 3.05) is 20.6 Å². The van der Waals surface area contributed by atoms with Crippen molar-refractivity contribution in [1.82, 2.24) is 10.2 Å². The second-order valence-corrected chi connectivity index (χ2v) is 4.69. The molecule has 17 heavy (non-hydrogen) atoms. The predicted molar refractivity (Wildman–Crippen MR) is 71.1 cm³/mol. The first-order valence-corrected chi connectivity index (χ1v) is 6.01. The molecule has 92 valence electrons. The van der Waals surface area contributed by atoms with Gasteiger partial charge in [0, 0.05) is 18.0 Å². The maximum atomic E-state index is 5.73. The molecule has 1 N–H and O–H groups in total. The molecule has 0 aliphatic heterocycles. The molecule has 3 nitrogen and oxygen atoms in total. The summed E-state index contributed by atoms with van der Waals surface area (Å²) in [7, 11) is 4.18. The summed E-state index contributed by atoms with van der Waals surface area (Å²) in [6, 6.07) is 10.7. The van der Waals surface area contributed by atoms with Crippen LogP contribution in [0.1, 0.15) is 12.7 Å². The van der Waals surface area contributed by atoms with Crippen LogP contribution < -0.4 is 5.32 Å². The first-order chi connectivity index (χ1) is 8.16. The van der Waals surface area contributed by atoms with Gasteiger partial charge in [-0.25, -0.2) is 0 Å². The molecule has 1 unspecified atom stereocenters. The molecule has 1 heterocycles. The number of para-hydroxylation sites is 1. The molecule has 1 atom stereocenters. The monoisotopic (exact) mass is 232 g/mol. The van der Waals surface area contributed by atoms with Gasteiger partial charge in [-0.3, -0.25) is 0 Å². The maximum Gasteiger partial charge on any atom is 0.134 e. The third kappa shape index (κ3) is 3.08. The zero-order valence-corrected chi connectivity index (χ0v) is 10.7. The Morgan fingerprint density at radius 1 is 1.29 bits per heavy atom. The number of rotatable bonds is 5. The molecular formula is C14H20N2O. The molecule has 0 aliphatic carbocycles. The van der Waals surface area contributed by atoms with Crippen molar-refractivity contribution in [2.45, 2.75) is 19.5 Å². The van der Waals surface area contributed by atoms with Gasteiger partial charge in [0.2, 0.25) is 0 Å². The molecule has 0 radical (unpaired) electrons. The topological polar surface area (TPSA) is 28.4 Å². The van der Waals surface area contributed by atoms with Crippen LogP contribution in [0.5, 0.6) is 0 Å². The first-order valence-electron chi connectivity index (χ1n) is 6.01. The van der Waals surface area contributed by atoms with Crippen LogP contribution in [-0.4, -0.2) is 31.6 Å². The summed E-state index contributed by atoms with van der Waals surface area (Å²) in [5.41, 5.74) is 0.963. The first kappa shape index (κ1) is 12.1. The van der Waals surface area contributed by atoms with E-state index in [1.165, 1.54) is 5.39 Å². The molecule has 1 aromatic heterocycles. The smallest absolute Gasteiger partial charge is 0.134 e. The third-order valence-electron chi connectivity index (χ3n) is 3.10. The van der Waals surface area contributed by atoms with Crippen molar-refractivity contribution in [3.05, 3.63) is 36.1 Å². The molecule has 0 spiro atoms. The van der Waals surface area contributed by atoms with Crippen molar-refractivity contribution >= 4 is 11.0 Å². The number of likely N-dealkylation sites (N-methyl/N-ethyl adjacent to an activating group) is 1. The van der Waals surface area contributed by atoms with Gasteiger partial charge in [0.1, 0.15) is 11.3 Å². The van der Waals surface area contributed by atoms with Crippen molar-refractivity contribution in [2.24, 2.45) is 0 Å². The number of nitrogens with one attached hydrogen (secondary N) is 1. The van der Waals surface area contributed by atoms with Crippen molar-refractivity contribution in [3.8, 4) is 0 Å². The van der Waals surface area contributed by atoms with E-state index >= 15 is 0 Å². The minimum atomic E-state index is 0.527. The van der Waals surface area contributed by atoms with Crippen LogP contribution >= 0.6 is 0 Å². The Morgan fingerprint density at radius 2 is 2.06 bits per heavy atom. The second-order valence-electron chi connectivity index (χ2n) is 4.69. The van der Waals surface area contributed by atoms with Gasteiger partial charge in [0.15, 0.2) is 0 Å². The SMILES string of the molecule is CC(CNCc1cc2ccccc2o1)N(C)C. The highest BCUT2D eigenvalue weighted by atomic mass is 16.3. The normalized spacial score (nSPS) is 13.4. The molecule has 0 fully saturated rings. The van der Waals surface area contributed by atoms with Crippen LogP contribution in [0.3, 0.4) is 0 Å². The maximum absolute atomic E-state index is 5.73. The van der Waals surface area contributed by atoms with Crippen LogP contribution in [0.2, 0.25) is 0 Å². The van der Waals surface area contributed by atoms with E-state index in [1.807, 2.05) is 18.2 Å². The summed E-state index contributed by atoms with van der Waals surface area (Å²) in [6.45, 7) is 3.95. The average molecular weight is 232 g/mol. The van der Waals surface area contributed by atoms with E-state index in [2.05, 4.69) is 43.4 Å². The van der Waals surface area contributed by atoms with Crippen LogP contribution in [-0.2, 0) is 6.54 Å². The van der Waals surface area contributed by atoms with Crippen LogP contribution in [0.4, 0.5) is 0 Å². The van der Waals surface area contributed by atoms with Crippen LogP contribution in [0, 0.1) is 0 Å². The predicted octanol–water partition coefficient (Wildman–Crippen LogP) is 2.47. The van der Waals surface area contributed by atoms with E-state index in [-0.39, 0.29) is 0 Å². The Labute approximate surface area is 102 Å². The van der Waals surface area contributed by atoms with Gasteiger partial charge in [0.05, 0.1) is 6.54 Å². The zero-order chi connectivity index (χ0) is 12.3. The van der Waals surface area contributed by atoms with Crippen molar-refractivity contribution in [1.29, 1.82) is 0 Å². The Morgan fingerprint density at radius 3 is 2.76 bits per heavy atom. The minimum absolute atomic E-state index is 0.527. The second kappa shape index (κ2) is 5.34. The van der Waals surface area contributed by atoms with Crippen LogP contribution in [0.25, 0.3) is 11.0 Å². The van der Waals surface area contributed by atoms with Gasteiger partial charge < -0.3 is 14.6 Å². The largest absolute Gasteiger partial charge is 0.460 e. The molecule has 2 aromatic rings. The van der Waals surface area contributed by atoms with Crippen molar-refractivity contribution in [3.63, 3.8) is 0 Å². The summed E-state index contributed by atoms with van der Waals surface area (Å²) in [4.78, 5) is 2.20. The molecule has 0 aliphatic rings. The molecule has 0 bridgehead atoms. The Hall–Kier alpha value is -1.32. The fourth-order valence-electron chi connectivity index (χ4n) is 1.71. The van der Waals surface area contributed by atoms with E-state index in [1.54, 1.807) is 0 Å². The summed E-state index contributed by atoms with van der Waals surface area (Å²) >= 11 is 0. The Bertz CT molecular complexity index is 443. The number of fused-ring (bicyclic) bond motifs is 1. The van der Waals surface area contributed by atoms with Gasteiger partial charge in [-0.05, 0) is 33.2 Å². The fourth-order valence-corrected chi connectivity index (χ4v) is 1.71. The lowest BCUT2D eigenvalue weighted by atomic mass is 10.2. The van der Waals surface area contributed by atoms with E-state index < -0.39 is 0 Å². The summed E-state index contributed by atoms with van der Waals surface area (Å²) in [6.07, 6.45) is 0. The van der Waals surface area contributed by atoms with Crippen LogP contribution in [0.15, 0.2) is 34.7 Å². The number of benzene rings is 1. The lowest BCUT2D eigenvalue weighted by Crippen LogP contribution is -2.35. The van der Waals surface area contributed by atoms with Gasteiger partial charge in [-0.15, -0.1) is 0 Å². The standard InChI is InChI=1S/C14H20N2O/c1-11(16(2)3)9-15-10-13-8-12-6-4-5-7-14(12)17-13/h4-8,11,15H,9-10H2,1-3H3. The van der Waals surface area contributed by atoms with Gasteiger partial charge >= 0.3 is 0 Å². The summed E-state index contributed by atoms with van der Waals surface area (Å²) in [5.74, 6) is 0.997. The molecule has 3 heteroatoms. The van der Waals surface area contributed by atoms with E-state index in [0.717, 1.165) is 24.4 Å². The summed E-state index contributed by atoms with van der Waals surface area (Å²) in [5, 5.41) is 4.58. The molecule has 0 saturated heterocycles. The van der Waals surface area contributed by atoms with Gasteiger partial charge in [0.25, 0.3) is 0 Å². The summed E-state index contributed by atoms with van der Waals surface area (Å²) < 4.78 is 5.73. The lowest BCUT2D eigenvalue weighted by molar-refractivity contribution is 0.300. The highest BCUT2D eigenvalue weighted by Gasteiger charge is 2.05. The number of hydrogen-bond acceptors (Lipinski definition) is 3. The molecule has 1 aromatic carbocycles. The number of hydrogen-bond donors (Lipinski definition) is 1. The van der Waals surface area contributed by atoms with E-state index in [4.69, 9.17) is 4.42 Å². The number of furan rings is 1. The van der Waals surface area contributed by atoms with Gasteiger partial charge in [-0.1, -0.05) is 18.2 Å². The molecular weight excluding hydrogens is 212 g/mol. The quantitative estimate of drug-likeness (QED) is 0.858. The Balaban J connectivity index is 1.91. The van der Waals surface area contributed by atoms with Gasteiger partial charge in [-0.2, -0.15) is 0 Å². The molecule has 0 saturated carbocycles. The third-order valence-corrected chi connectivity index (χ3v) is 3.10. The average Bonchev–Trinajstić information content (AvgIpc) is 2.71. The zero-order valence-electron chi connectivity index (χ0n) is 10.7. The van der Waals surface area contributed by atoms with E-state index in [0.29, 0.717) is 6.04 Å².